The Labute approximate surface area is 157 Å². The average molecular weight is 371 g/mol. The van der Waals surface area contributed by atoms with Gasteiger partial charge in [0.2, 0.25) is 5.91 Å². The number of morpholine rings is 1. The lowest BCUT2D eigenvalue weighted by molar-refractivity contribution is -0.134. The molecule has 0 spiro atoms. The Kier molecular flexibility index (Phi) is 4.20. The molecular formula is C18H25N7O2. The van der Waals surface area contributed by atoms with E-state index in [0.29, 0.717) is 18.5 Å². The Morgan fingerprint density at radius 1 is 1.30 bits per heavy atom. The number of rotatable bonds is 5. The molecule has 4 heterocycles. The SMILES string of the molecule is CN(CC1CNC(=O)CO1)C1CN(c2ccc3nnc(C4CCC4)n3n2)C1. The van der Waals surface area contributed by atoms with E-state index in [-0.39, 0.29) is 18.6 Å². The number of carbonyl (C=O) groups excluding carboxylic acids is 1. The van der Waals surface area contributed by atoms with Gasteiger partial charge in [-0.25, -0.2) is 0 Å². The van der Waals surface area contributed by atoms with Gasteiger partial charge in [0.1, 0.15) is 12.4 Å². The number of ether oxygens (including phenoxy) is 1. The van der Waals surface area contributed by atoms with Crippen LogP contribution in [0.15, 0.2) is 12.1 Å². The summed E-state index contributed by atoms with van der Waals surface area (Å²) in [5.74, 6) is 2.46. The van der Waals surface area contributed by atoms with Crippen LogP contribution < -0.4 is 10.2 Å². The van der Waals surface area contributed by atoms with Gasteiger partial charge in [0.25, 0.3) is 0 Å². The minimum atomic E-state index is -0.0274. The van der Waals surface area contributed by atoms with Crippen molar-refractivity contribution in [2.45, 2.75) is 37.3 Å². The molecule has 2 aliphatic heterocycles. The number of nitrogens with one attached hydrogen (secondary N) is 1. The number of fused-ring (bicyclic) bond motifs is 1. The van der Waals surface area contributed by atoms with Crippen molar-refractivity contribution in [3.05, 3.63) is 18.0 Å². The highest BCUT2D eigenvalue weighted by Crippen LogP contribution is 2.35. The van der Waals surface area contributed by atoms with Crippen molar-refractivity contribution >= 4 is 17.4 Å². The normalized spacial score (nSPS) is 24.1. The molecule has 0 radical (unpaired) electrons. The Bertz CT molecular complexity index is 833. The Morgan fingerprint density at radius 2 is 2.15 bits per heavy atom. The van der Waals surface area contributed by atoms with Crippen LogP contribution in [0.5, 0.6) is 0 Å². The monoisotopic (exact) mass is 371 g/mol. The maximum absolute atomic E-state index is 11.2. The topological polar surface area (TPSA) is 87.9 Å². The molecule has 2 aromatic heterocycles. The second kappa shape index (κ2) is 6.72. The molecule has 2 saturated heterocycles. The highest BCUT2D eigenvalue weighted by atomic mass is 16.5. The van der Waals surface area contributed by atoms with E-state index in [4.69, 9.17) is 9.84 Å². The summed E-state index contributed by atoms with van der Waals surface area (Å²) < 4.78 is 7.51. The van der Waals surface area contributed by atoms with Crippen molar-refractivity contribution in [1.29, 1.82) is 0 Å². The third kappa shape index (κ3) is 3.14. The van der Waals surface area contributed by atoms with Gasteiger partial charge >= 0.3 is 0 Å². The van der Waals surface area contributed by atoms with Crippen molar-refractivity contribution in [2.75, 3.05) is 44.7 Å². The first-order chi connectivity index (χ1) is 13.2. The molecule has 144 valence electrons. The van der Waals surface area contributed by atoms with Gasteiger partial charge in [-0.2, -0.15) is 4.52 Å². The number of hydrogen-bond acceptors (Lipinski definition) is 7. The molecule has 1 atom stereocenters. The number of amides is 1. The number of likely N-dealkylation sites (N-methyl/N-ethyl adjacent to an activating group) is 1. The lowest BCUT2D eigenvalue weighted by Gasteiger charge is -2.45. The molecular weight excluding hydrogens is 346 g/mol. The van der Waals surface area contributed by atoms with Crippen molar-refractivity contribution < 1.29 is 9.53 Å². The molecule has 1 saturated carbocycles. The summed E-state index contributed by atoms with van der Waals surface area (Å²) in [4.78, 5) is 15.8. The van der Waals surface area contributed by atoms with Gasteiger partial charge in [-0.05, 0) is 32.0 Å². The van der Waals surface area contributed by atoms with Crippen LogP contribution in [0.4, 0.5) is 5.82 Å². The van der Waals surface area contributed by atoms with Crippen LogP contribution in [0, 0.1) is 0 Å². The molecule has 3 fully saturated rings. The zero-order valence-corrected chi connectivity index (χ0v) is 15.5. The van der Waals surface area contributed by atoms with Crippen molar-refractivity contribution in [3.63, 3.8) is 0 Å². The number of aromatic nitrogens is 4. The minimum Gasteiger partial charge on any atom is -0.365 e. The first kappa shape index (κ1) is 16.9. The maximum atomic E-state index is 11.2. The van der Waals surface area contributed by atoms with Crippen molar-refractivity contribution in [3.8, 4) is 0 Å². The first-order valence-electron chi connectivity index (χ1n) is 9.73. The fraction of sp³-hybridized carbons (Fsp3) is 0.667. The van der Waals surface area contributed by atoms with Crippen LogP contribution in [-0.2, 0) is 9.53 Å². The fourth-order valence-electron chi connectivity index (χ4n) is 3.93. The molecule has 0 bridgehead atoms. The largest absolute Gasteiger partial charge is 0.365 e. The summed E-state index contributed by atoms with van der Waals surface area (Å²) in [6, 6.07) is 4.51. The van der Waals surface area contributed by atoms with E-state index in [0.717, 1.165) is 36.9 Å². The predicted octanol–water partition coefficient (Wildman–Crippen LogP) is 0.0272. The predicted molar refractivity (Wildman–Crippen MR) is 98.8 cm³/mol. The van der Waals surface area contributed by atoms with Crippen LogP contribution in [-0.4, -0.2) is 82.6 Å². The molecule has 5 rings (SSSR count). The Balaban J connectivity index is 1.20. The molecule has 9 heteroatoms. The number of anilines is 1. The lowest BCUT2D eigenvalue weighted by Crippen LogP contribution is -2.61. The summed E-state index contributed by atoms with van der Waals surface area (Å²) in [6.07, 6.45) is 3.71. The smallest absolute Gasteiger partial charge is 0.246 e. The summed E-state index contributed by atoms with van der Waals surface area (Å²) in [7, 11) is 2.12. The van der Waals surface area contributed by atoms with Crippen LogP contribution in [0.1, 0.15) is 31.0 Å². The molecule has 0 aromatic carbocycles. The van der Waals surface area contributed by atoms with Crippen molar-refractivity contribution in [2.24, 2.45) is 0 Å². The lowest BCUT2D eigenvalue weighted by atomic mass is 9.85. The van der Waals surface area contributed by atoms with Crippen LogP contribution in [0.3, 0.4) is 0 Å². The van der Waals surface area contributed by atoms with Gasteiger partial charge in [0, 0.05) is 38.1 Å². The minimum absolute atomic E-state index is 0.0274. The second-order valence-electron chi connectivity index (χ2n) is 7.88. The van der Waals surface area contributed by atoms with Gasteiger partial charge < -0.3 is 15.0 Å². The number of carbonyl (C=O) groups is 1. The number of nitrogens with zero attached hydrogens (tertiary/aromatic N) is 6. The molecule has 9 nitrogen and oxygen atoms in total. The summed E-state index contributed by atoms with van der Waals surface area (Å²) in [5, 5.41) is 16.3. The summed E-state index contributed by atoms with van der Waals surface area (Å²) >= 11 is 0. The van der Waals surface area contributed by atoms with Gasteiger partial charge in [-0.1, -0.05) is 6.42 Å². The Morgan fingerprint density at radius 3 is 2.85 bits per heavy atom. The zero-order chi connectivity index (χ0) is 18.4. The van der Waals surface area contributed by atoms with E-state index < -0.39 is 0 Å². The molecule has 3 aliphatic rings. The van der Waals surface area contributed by atoms with E-state index in [9.17, 15) is 4.79 Å². The van der Waals surface area contributed by atoms with Gasteiger partial charge in [-0.3, -0.25) is 9.69 Å². The molecule has 2 aromatic rings. The molecule has 1 aliphatic carbocycles. The van der Waals surface area contributed by atoms with Crippen LogP contribution in [0.2, 0.25) is 0 Å². The van der Waals surface area contributed by atoms with Crippen LogP contribution >= 0.6 is 0 Å². The van der Waals surface area contributed by atoms with Gasteiger partial charge in [0.05, 0.1) is 6.10 Å². The molecule has 1 amide bonds. The van der Waals surface area contributed by atoms with Crippen LogP contribution in [0.25, 0.3) is 5.65 Å². The standard InChI is InChI=1S/C18H25N7O2/c1-23(10-14-7-19-17(26)11-27-14)13-8-24(9-13)16-6-5-15-20-21-18(25(15)22-16)12-3-2-4-12/h5-6,12-14H,2-4,7-11H2,1H3,(H,19,26). The third-order valence-corrected chi connectivity index (χ3v) is 6.02. The number of hydrogen-bond donors (Lipinski definition) is 1. The van der Waals surface area contributed by atoms with E-state index in [1.165, 1.54) is 19.3 Å². The van der Waals surface area contributed by atoms with E-state index >= 15 is 0 Å². The van der Waals surface area contributed by atoms with Gasteiger partial charge in [0.15, 0.2) is 11.5 Å². The van der Waals surface area contributed by atoms with Gasteiger partial charge in [-0.15, -0.1) is 15.3 Å². The van der Waals surface area contributed by atoms with E-state index in [1.54, 1.807) is 0 Å². The zero-order valence-electron chi connectivity index (χ0n) is 15.5. The van der Waals surface area contributed by atoms with E-state index in [1.807, 2.05) is 16.6 Å². The Hall–Kier alpha value is -2.26. The summed E-state index contributed by atoms with van der Waals surface area (Å²) in [5.41, 5.74) is 0.825. The maximum Gasteiger partial charge on any atom is 0.246 e. The quantitative estimate of drug-likeness (QED) is 0.793. The highest BCUT2D eigenvalue weighted by molar-refractivity contribution is 5.77. The van der Waals surface area contributed by atoms with E-state index in [2.05, 4.69) is 32.4 Å². The first-order valence-corrected chi connectivity index (χ1v) is 9.73. The molecule has 27 heavy (non-hydrogen) atoms. The second-order valence-corrected chi connectivity index (χ2v) is 7.88. The molecule has 1 unspecified atom stereocenters. The van der Waals surface area contributed by atoms with Crippen molar-refractivity contribution in [1.82, 2.24) is 30.0 Å². The fourth-order valence-corrected chi connectivity index (χ4v) is 3.93. The third-order valence-electron chi connectivity index (χ3n) is 6.02. The average Bonchev–Trinajstić information content (AvgIpc) is 2.97. The summed E-state index contributed by atoms with van der Waals surface area (Å²) in [6.45, 7) is 3.46. The molecule has 1 N–H and O–H groups in total. The highest BCUT2D eigenvalue weighted by Gasteiger charge is 2.33.